The van der Waals surface area contributed by atoms with E-state index in [9.17, 15) is 0 Å². The quantitative estimate of drug-likeness (QED) is 0.708. The lowest BCUT2D eigenvalue weighted by Gasteiger charge is -2.27. The van der Waals surface area contributed by atoms with Gasteiger partial charge >= 0.3 is 0 Å². The predicted octanol–water partition coefficient (Wildman–Crippen LogP) is 4.83. The van der Waals surface area contributed by atoms with E-state index in [2.05, 4.69) is 32.2 Å². The Kier molecular flexibility index (Phi) is 7.91. The Hall–Kier alpha value is -0.930. The van der Waals surface area contributed by atoms with Gasteiger partial charge in [0.05, 0.1) is 14.2 Å². The number of halogens is 1. The summed E-state index contributed by atoms with van der Waals surface area (Å²) in [4.78, 5) is 0. The molecule has 3 nitrogen and oxygen atoms in total. The van der Waals surface area contributed by atoms with E-state index in [4.69, 9.17) is 21.1 Å². The first-order valence-corrected chi connectivity index (χ1v) is 8.12. The molecular formula is C17H28ClNO2. The van der Waals surface area contributed by atoms with E-state index in [1.807, 2.05) is 6.07 Å². The fraction of sp³-hybridized carbons (Fsp3) is 0.647. The minimum atomic E-state index is 0.239. The third-order valence-electron chi connectivity index (χ3n) is 3.78. The lowest BCUT2D eigenvalue weighted by Crippen LogP contribution is -2.28. The van der Waals surface area contributed by atoms with E-state index in [-0.39, 0.29) is 6.04 Å². The maximum Gasteiger partial charge on any atom is 0.146 e. The Morgan fingerprint density at radius 3 is 2.38 bits per heavy atom. The monoisotopic (exact) mass is 313 g/mol. The standard InChI is InChI=1S/C17H28ClNO2/c1-6-8-12(3)16(19-11-7-2)13-9-10-14(20-4)15(18)17(13)21-5/h9-10,12,16,19H,6-8,11H2,1-5H3. The van der Waals surface area contributed by atoms with Gasteiger partial charge in [-0.15, -0.1) is 0 Å². The Morgan fingerprint density at radius 2 is 1.86 bits per heavy atom. The molecule has 0 amide bonds. The Morgan fingerprint density at radius 1 is 1.14 bits per heavy atom. The van der Waals surface area contributed by atoms with Crippen LogP contribution in [0.25, 0.3) is 0 Å². The van der Waals surface area contributed by atoms with Crippen LogP contribution < -0.4 is 14.8 Å². The highest BCUT2D eigenvalue weighted by Gasteiger charge is 2.24. The number of nitrogens with one attached hydrogen (secondary N) is 1. The van der Waals surface area contributed by atoms with Gasteiger partial charge in [0, 0.05) is 11.6 Å². The van der Waals surface area contributed by atoms with Gasteiger partial charge in [0.25, 0.3) is 0 Å². The molecule has 120 valence electrons. The Balaban J connectivity index is 3.19. The van der Waals surface area contributed by atoms with Crippen LogP contribution in [0.1, 0.15) is 51.6 Å². The molecule has 4 heteroatoms. The van der Waals surface area contributed by atoms with Gasteiger partial charge in [0.15, 0.2) is 0 Å². The summed E-state index contributed by atoms with van der Waals surface area (Å²) in [6.45, 7) is 7.64. The molecule has 2 atom stereocenters. The number of ether oxygens (including phenoxy) is 2. The third-order valence-corrected chi connectivity index (χ3v) is 4.14. The molecule has 0 aliphatic rings. The van der Waals surface area contributed by atoms with Gasteiger partial charge < -0.3 is 14.8 Å². The lowest BCUT2D eigenvalue weighted by atomic mass is 9.90. The van der Waals surface area contributed by atoms with Gasteiger partial charge in [0.2, 0.25) is 0 Å². The largest absolute Gasteiger partial charge is 0.495 e. The van der Waals surface area contributed by atoms with Crippen molar-refractivity contribution in [3.63, 3.8) is 0 Å². The van der Waals surface area contributed by atoms with Crippen LogP contribution in [0.15, 0.2) is 12.1 Å². The highest BCUT2D eigenvalue weighted by molar-refractivity contribution is 6.33. The zero-order valence-corrected chi connectivity index (χ0v) is 14.6. The van der Waals surface area contributed by atoms with E-state index in [0.29, 0.717) is 22.4 Å². The van der Waals surface area contributed by atoms with Crippen molar-refractivity contribution in [2.24, 2.45) is 5.92 Å². The lowest BCUT2D eigenvalue weighted by molar-refractivity contribution is 0.339. The first kappa shape index (κ1) is 18.1. The molecule has 1 rings (SSSR count). The number of hydrogen-bond acceptors (Lipinski definition) is 3. The molecule has 0 saturated carbocycles. The van der Waals surface area contributed by atoms with Crippen LogP contribution in [0.4, 0.5) is 0 Å². The van der Waals surface area contributed by atoms with E-state index < -0.39 is 0 Å². The predicted molar refractivity (Wildman–Crippen MR) is 89.7 cm³/mol. The molecule has 0 aromatic heterocycles. The van der Waals surface area contributed by atoms with Gasteiger partial charge in [0.1, 0.15) is 16.5 Å². The zero-order valence-electron chi connectivity index (χ0n) is 13.8. The van der Waals surface area contributed by atoms with Crippen molar-refractivity contribution in [2.75, 3.05) is 20.8 Å². The molecule has 1 aromatic rings. The molecule has 0 spiro atoms. The highest BCUT2D eigenvalue weighted by Crippen LogP contribution is 2.41. The van der Waals surface area contributed by atoms with Gasteiger partial charge in [-0.3, -0.25) is 0 Å². The van der Waals surface area contributed by atoms with Crippen LogP contribution in [-0.2, 0) is 0 Å². The first-order chi connectivity index (χ1) is 10.1. The summed E-state index contributed by atoms with van der Waals surface area (Å²) in [7, 11) is 3.28. The summed E-state index contributed by atoms with van der Waals surface area (Å²) in [5, 5.41) is 4.18. The van der Waals surface area contributed by atoms with Crippen molar-refractivity contribution in [1.82, 2.24) is 5.32 Å². The van der Waals surface area contributed by atoms with Crippen LogP contribution in [0.3, 0.4) is 0 Å². The van der Waals surface area contributed by atoms with Gasteiger partial charge in [-0.1, -0.05) is 38.8 Å². The smallest absolute Gasteiger partial charge is 0.146 e. The molecule has 0 aliphatic carbocycles. The van der Waals surface area contributed by atoms with E-state index in [1.165, 1.54) is 0 Å². The molecule has 2 unspecified atom stereocenters. The van der Waals surface area contributed by atoms with Crippen molar-refractivity contribution in [3.05, 3.63) is 22.7 Å². The number of methoxy groups -OCH3 is 2. The normalized spacial score (nSPS) is 13.8. The molecule has 0 aliphatic heterocycles. The number of benzene rings is 1. The summed E-state index contributed by atoms with van der Waals surface area (Å²) in [5.74, 6) is 1.88. The molecule has 21 heavy (non-hydrogen) atoms. The van der Waals surface area contributed by atoms with Crippen LogP contribution in [-0.4, -0.2) is 20.8 Å². The number of rotatable bonds is 9. The average molecular weight is 314 g/mol. The summed E-state index contributed by atoms with van der Waals surface area (Å²) in [6, 6.07) is 4.21. The van der Waals surface area contributed by atoms with E-state index in [1.54, 1.807) is 14.2 Å². The maximum absolute atomic E-state index is 6.40. The van der Waals surface area contributed by atoms with Crippen molar-refractivity contribution >= 4 is 11.6 Å². The fourth-order valence-electron chi connectivity index (χ4n) is 2.70. The zero-order chi connectivity index (χ0) is 15.8. The van der Waals surface area contributed by atoms with Crippen molar-refractivity contribution in [3.8, 4) is 11.5 Å². The molecule has 0 fully saturated rings. The van der Waals surface area contributed by atoms with Crippen molar-refractivity contribution in [2.45, 2.75) is 46.1 Å². The van der Waals surface area contributed by atoms with Gasteiger partial charge in [-0.2, -0.15) is 0 Å². The highest BCUT2D eigenvalue weighted by atomic mass is 35.5. The van der Waals surface area contributed by atoms with Crippen LogP contribution in [0.2, 0.25) is 5.02 Å². The molecule has 0 saturated heterocycles. The fourth-order valence-corrected chi connectivity index (χ4v) is 3.03. The summed E-state index contributed by atoms with van der Waals surface area (Å²) >= 11 is 6.40. The summed E-state index contributed by atoms with van der Waals surface area (Å²) < 4.78 is 10.8. The minimum Gasteiger partial charge on any atom is -0.495 e. The molecule has 0 heterocycles. The topological polar surface area (TPSA) is 30.5 Å². The third kappa shape index (κ3) is 4.52. The summed E-state index contributed by atoms with van der Waals surface area (Å²) in [6.07, 6.45) is 3.42. The maximum atomic E-state index is 6.40. The molecule has 0 radical (unpaired) electrons. The average Bonchev–Trinajstić information content (AvgIpc) is 2.48. The molecule has 1 N–H and O–H groups in total. The Bertz CT molecular complexity index is 437. The van der Waals surface area contributed by atoms with Crippen LogP contribution in [0.5, 0.6) is 11.5 Å². The van der Waals surface area contributed by atoms with Gasteiger partial charge in [-0.05, 0) is 37.4 Å². The van der Waals surface area contributed by atoms with Crippen LogP contribution in [0, 0.1) is 5.92 Å². The SMILES string of the molecule is CCCNC(c1ccc(OC)c(Cl)c1OC)C(C)CCC. The van der Waals surface area contributed by atoms with Gasteiger partial charge in [-0.25, -0.2) is 0 Å². The second kappa shape index (κ2) is 9.16. The minimum absolute atomic E-state index is 0.239. The first-order valence-electron chi connectivity index (χ1n) is 7.74. The molecule has 1 aromatic carbocycles. The second-order valence-electron chi connectivity index (χ2n) is 5.40. The second-order valence-corrected chi connectivity index (χ2v) is 5.78. The van der Waals surface area contributed by atoms with E-state index >= 15 is 0 Å². The number of hydrogen-bond donors (Lipinski definition) is 1. The van der Waals surface area contributed by atoms with Crippen molar-refractivity contribution < 1.29 is 9.47 Å². The van der Waals surface area contributed by atoms with Crippen molar-refractivity contribution in [1.29, 1.82) is 0 Å². The van der Waals surface area contributed by atoms with E-state index in [0.717, 1.165) is 31.4 Å². The Labute approximate surface area is 134 Å². The molecule has 0 bridgehead atoms. The summed E-state index contributed by atoms with van der Waals surface area (Å²) in [5.41, 5.74) is 1.11. The van der Waals surface area contributed by atoms with Crippen LogP contribution >= 0.6 is 11.6 Å². The molecular weight excluding hydrogens is 286 g/mol.